The number of alkyl halides is 2. The molecule has 0 fully saturated rings. The van der Waals surface area contributed by atoms with Crippen molar-refractivity contribution in [1.82, 2.24) is 19.9 Å². The molecule has 2 aliphatic rings. The predicted molar refractivity (Wildman–Crippen MR) is 140 cm³/mol. The lowest BCUT2D eigenvalue weighted by molar-refractivity contribution is -0.0251. The molecule has 5 nitrogen and oxygen atoms in total. The summed E-state index contributed by atoms with van der Waals surface area (Å²) in [4.78, 5) is 30.3. The van der Waals surface area contributed by atoms with Crippen LogP contribution in [0.4, 0.5) is 8.78 Å². The van der Waals surface area contributed by atoms with Gasteiger partial charge >= 0.3 is 0 Å². The Morgan fingerprint density at radius 1 is 0.800 bits per heavy atom. The number of pyridine rings is 2. The smallest absolute Gasteiger partial charge is 0.290 e. The number of hydrogen-bond donors (Lipinski definition) is 0. The summed E-state index contributed by atoms with van der Waals surface area (Å²) in [7, 11) is 0. The van der Waals surface area contributed by atoms with Gasteiger partial charge in [-0.3, -0.25) is 14.8 Å². The van der Waals surface area contributed by atoms with Crippen LogP contribution in [-0.2, 0) is 18.8 Å². The second kappa shape index (κ2) is 10.2. The molecule has 0 aliphatic heterocycles. The maximum atomic E-state index is 13.7. The summed E-state index contributed by atoms with van der Waals surface area (Å²) in [6.07, 6.45) is 10.5. The first-order valence-corrected chi connectivity index (χ1v) is 14.1. The minimum atomic E-state index is -2.78. The van der Waals surface area contributed by atoms with Crippen LogP contribution in [0.25, 0.3) is 21.1 Å². The normalized spacial score (nSPS) is 16.2. The molecule has 0 saturated carbocycles. The van der Waals surface area contributed by atoms with Crippen molar-refractivity contribution in [3.05, 3.63) is 67.0 Å². The van der Waals surface area contributed by atoms with Gasteiger partial charge in [0.05, 0.1) is 0 Å². The van der Waals surface area contributed by atoms with E-state index < -0.39 is 5.92 Å². The monoisotopic (exact) mass is 638 g/mol. The van der Waals surface area contributed by atoms with Gasteiger partial charge in [-0.2, -0.15) is 8.78 Å². The van der Waals surface area contributed by atoms with Crippen LogP contribution in [-0.4, -0.2) is 25.7 Å². The summed E-state index contributed by atoms with van der Waals surface area (Å²) in [6.45, 7) is 0. The summed E-state index contributed by atoms with van der Waals surface area (Å²) in [6, 6.07) is 3.82. The van der Waals surface area contributed by atoms with E-state index in [1.54, 1.807) is 36.1 Å². The summed E-state index contributed by atoms with van der Waals surface area (Å²) in [5.41, 5.74) is 2.39. The third kappa shape index (κ3) is 5.42. The van der Waals surface area contributed by atoms with Crippen molar-refractivity contribution in [3.63, 3.8) is 0 Å². The first-order valence-electron chi connectivity index (χ1n) is 10.9. The highest BCUT2D eigenvalue weighted by Crippen LogP contribution is 2.43. The van der Waals surface area contributed by atoms with E-state index in [2.05, 4.69) is 51.8 Å². The SMILES string of the molecule is FC1(F)CCCc2sc(-c3cncc(Br)c3)nc21.O=C1CCCc2sc(-c3cncc(Br)c3)nc21. The number of ketones is 1. The lowest BCUT2D eigenvalue weighted by Crippen LogP contribution is -2.20. The van der Waals surface area contributed by atoms with E-state index in [-0.39, 0.29) is 17.9 Å². The van der Waals surface area contributed by atoms with Crippen LogP contribution in [0.2, 0.25) is 0 Å². The number of aryl methyl sites for hydroxylation is 2. The zero-order chi connectivity index (χ0) is 24.6. The van der Waals surface area contributed by atoms with Crippen molar-refractivity contribution >= 4 is 60.3 Å². The molecule has 0 saturated heterocycles. The molecule has 4 aromatic rings. The Bertz CT molecular complexity index is 1410. The minimum absolute atomic E-state index is 0.0336. The fraction of sp³-hybridized carbons (Fsp3) is 0.292. The molecule has 0 unspecified atom stereocenters. The third-order valence-corrected chi connectivity index (χ3v) is 8.81. The molecule has 0 bridgehead atoms. The fourth-order valence-electron chi connectivity index (χ4n) is 3.97. The topological polar surface area (TPSA) is 68.6 Å². The van der Waals surface area contributed by atoms with Crippen LogP contribution in [0.5, 0.6) is 0 Å². The lowest BCUT2D eigenvalue weighted by Gasteiger charge is -2.19. The van der Waals surface area contributed by atoms with E-state index in [0.29, 0.717) is 34.8 Å². The summed E-state index contributed by atoms with van der Waals surface area (Å²) in [5, 5.41) is 1.51. The molecule has 4 aromatic heterocycles. The number of carbonyl (C=O) groups excluding carboxylic acids is 1. The van der Waals surface area contributed by atoms with Crippen molar-refractivity contribution in [3.8, 4) is 21.1 Å². The molecule has 0 aromatic carbocycles. The van der Waals surface area contributed by atoms with E-state index in [1.807, 2.05) is 12.1 Å². The molecule has 180 valence electrons. The molecular formula is C24H18Br2F2N4OS2. The Morgan fingerprint density at radius 3 is 2.00 bits per heavy atom. The molecule has 0 amide bonds. The Balaban J connectivity index is 0.000000145. The molecule has 0 spiro atoms. The Morgan fingerprint density at radius 2 is 1.40 bits per heavy atom. The minimum Gasteiger partial charge on any atom is -0.292 e. The second-order valence-electron chi connectivity index (χ2n) is 8.20. The van der Waals surface area contributed by atoms with Gasteiger partial charge in [0, 0.05) is 67.5 Å². The summed E-state index contributed by atoms with van der Waals surface area (Å²) < 4.78 is 29.2. The van der Waals surface area contributed by atoms with Gasteiger partial charge in [-0.05, 0) is 69.7 Å². The molecule has 11 heteroatoms. The molecule has 6 rings (SSSR count). The van der Waals surface area contributed by atoms with E-state index in [0.717, 1.165) is 42.8 Å². The van der Waals surface area contributed by atoms with Gasteiger partial charge in [-0.25, -0.2) is 9.97 Å². The van der Waals surface area contributed by atoms with Gasteiger partial charge in [0.1, 0.15) is 21.4 Å². The number of halogens is 4. The number of nitrogens with zero attached hydrogens (tertiary/aromatic N) is 4. The fourth-order valence-corrected chi connectivity index (χ4v) is 6.94. The van der Waals surface area contributed by atoms with E-state index >= 15 is 0 Å². The number of rotatable bonds is 2. The van der Waals surface area contributed by atoms with Crippen LogP contribution in [0.15, 0.2) is 45.9 Å². The van der Waals surface area contributed by atoms with Crippen molar-refractivity contribution in [2.24, 2.45) is 0 Å². The van der Waals surface area contributed by atoms with Crippen molar-refractivity contribution < 1.29 is 13.6 Å². The quantitative estimate of drug-likeness (QED) is 0.223. The van der Waals surface area contributed by atoms with Gasteiger partial charge in [-0.15, -0.1) is 22.7 Å². The first-order chi connectivity index (χ1) is 16.8. The van der Waals surface area contributed by atoms with Gasteiger partial charge in [0.25, 0.3) is 5.92 Å². The third-order valence-electron chi connectivity index (χ3n) is 5.61. The molecule has 0 radical (unpaired) electrons. The predicted octanol–water partition coefficient (Wildman–Crippen LogP) is 7.88. The van der Waals surface area contributed by atoms with E-state index in [9.17, 15) is 13.6 Å². The second-order valence-corrected chi connectivity index (χ2v) is 12.2. The largest absolute Gasteiger partial charge is 0.292 e. The molecule has 35 heavy (non-hydrogen) atoms. The Labute approximate surface area is 225 Å². The maximum Gasteiger partial charge on any atom is 0.290 e. The molecule has 0 N–H and O–H groups in total. The number of aromatic nitrogens is 4. The maximum absolute atomic E-state index is 13.7. The van der Waals surface area contributed by atoms with Gasteiger partial charge < -0.3 is 0 Å². The number of Topliss-reactive ketones (excluding diaryl/α,β-unsaturated/α-hetero) is 1. The zero-order valence-electron chi connectivity index (χ0n) is 18.2. The average Bonchev–Trinajstić information content (AvgIpc) is 3.46. The van der Waals surface area contributed by atoms with E-state index in [1.165, 1.54) is 11.3 Å². The zero-order valence-corrected chi connectivity index (χ0v) is 23.0. The standard InChI is InChI=1S/C12H9BrF2N2S.C12H9BrN2OS/c13-8-4-7(5-16-6-8)11-17-10-9(18-11)2-1-3-12(10,14)15;13-8-4-7(5-14-6-8)12-15-11-9(16)2-1-3-10(11)17-12/h4-6H,1-3H2;4-6H,1-3H2. The van der Waals surface area contributed by atoms with Gasteiger partial charge in [0.15, 0.2) is 5.78 Å². The van der Waals surface area contributed by atoms with Crippen LogP contribution < -0.4 is 0 Å². The van der Waals surface area contributed by atoms with Crippen LogP contribution in [0, 0.1) is 0 Å². The summed E-state index contributed by atoms with van der Waals surface area (Å²) >= 11 is 9.67. The van der Waals surface area contributed by atoms with E-state index in [4.69, 9.17) is 0 Å². The Kier molecular flexibility index (Phi) is 7.20. The molecule has 4 heterocycles. The van der Waals surface area contributed by atoms with Crippen LogP contribution >= 0.6 is 54.5 Å². The first kappa shape index (κ1) is 24.7. The molecule has 2 aliphatic carbocycles. The molecule has 0 atom stereocenters. The lowest BCUT2D eigenvalue weighted by atomic mass is 9.99. The van der Waals surface area contributed by atoms with Crippen molar-refractivity contribution in [1.29, 1.82) is 0 Å². The average molecular weight is 640 g/mol. The highest BCUT2D eigenvalue weighted by atomic mass is 79.9. The van der Waals surface area contributed by atoms with Crippen molar-refractivity contribution in [2.75, 3.05) is 0 Å². The number of hydrogen-bond acceptors (Lipinski definition) is 7. The number of fused-ring (bicyclic) bond motifs is 2. The Hall–Kier alpha value is -1.95. The molecular weight excluding hydrogens is 622 g/mol. The highest BCUT2D eigenvalue weighted by Gasteiger charge is 2.40. The number of carbonyl (C=O) groups is 1. The van der Waals surface area contributed by atoms with Crippen LogP contribution in [0.3, 0.4) is 0 Å². The van der Waals surface area contributed by atoms with Crippen molar-refractivity contribution in [2.45, 2.75) is 44.4 Å². The highest BCUT2D eigenvalue weighted by molar-refractivity contribution is 9.10. The number of thiazole rings is 2. The van der Waals surface area contributed by atoms with Gasteiger partial charge in [0.2, 0.25) is 0 Å². The van der Waals surface area contributed by atoms with Crippen LogP contribution in [0.1, 0.15) is 51.6 Å². The summed E-state index contributed by atoms with van der Waals surface area (Å²) in [5.74, 6) is -2.60. The van der Waals surface area contributed by atoms with Gasteiger partial charge in [-0.1, -0.05) is 0 Å².